The molecule has 0 aliphatic rings. The predicted octanol–water partition coefficient (Wildman–Crippen LogP) is 5.03. The highest BCUT2D eigenvalue weighted by Gasteiger charge is 2.21. The zero-order valence-corrected chi connectivity index (χ0v) is 9.05. The standard InChI is InChI=1S/C8H6O.2BF4/c1-2-4-8-7(3-1)5-6-9-8;2*2-1(3,4)5/h1-6H;;/q;2*-1. The van der Waals surface area contributed by atoms with Crippen molar-refractivity contribution >= 4 is 25.5 Å². The quantitative estimate of drug-likeness (QED) is 0.490. The second kappa shape index (κ2) is 7.05. The summed E-state index contributed by atoms with van der Waals surface area (Å²) in [6.45, 7) is 0. The summed E-state index contributed by atoms with van der Waals surface area (Å²) in [4.78, 5) is 0. The van der Waals surface area contributed by atoms with Crippen molar-refractivity contribution in [1.29, 1.82) is 0 Å². The van der Waals surface area contributed by atoms with Gasteiger partial charge in [-0.2, -0.15) is 0 Å². The van der Waals surface area contributed by atoms with Crippen molar-refractivity contribution in [2.45, 2.75) is 0 Å². The van der Waals surface area contributed by atoms with Crippen LogP contribution in [0.3, 0.4) is 0 Å². The minimum Gasteiger partial charge on any atom is -0.464 e. The lowest BCUT2D eigenvalue weighted by molar-refractivity contribution is 0.366. The summed E-state index contributed by atoms with van der Waals surface area (Å²) in [5.74, 6) is 0. The average molecular weight is 292 g/mol. The van der Waals surface area contributed by atoms with Crippen molar-refractivity contribution in [3.8, 4) is 0 Å². The molecule has 1 nitrogen and oxygen atoms in total. The second-order valence-electron chi connectivity index (χ2n) is 2.95. The summed E-state index contributed by atoms with van der Waals surface area (Å²) >= 11 is 0. The van der Waals surface area contributed by atoms with Crippen molar-refractivity contribution in [2.75, 3.05) is 0 Å². The Morgan fingerprint density at radius 3 is 1.53 bits per heavy atom. The summed E-state index contributed by atoms with van der Waals surface area (Å²) in [6.07, 6.45) is 1.70. The summed E-state index contributed by atoms with van der Waals surface area (Å²) in [6, 6.07) is 9.90. The minimum absolute atomic E-state index is 0.956. The maximum atomic E-state index is 9.75. The lowest BCUT2D eigenvalue weighted by Gasteiger charge is -1.94. The molecule has 0 fully saturated rings. The number of furan rings is 1. The van der Waals surface area contributed by atoms with Gasteiger partial charge in [0.05, 0.1) is 6.26 Å². The molecule has 2 rings (SSSR count). The fourth-order valence-corrected chi connectivity index (χ4v) is 0.906. The minimum atomic E-state index is -6.00. The largest absolute Gasteiger partial charge is 0.673 e. The Morgan fingerprint density at radius 1 is 0.684 bits per heavy atom. The molecular weight excluding hydrogens is 286 g/mol. The maximum absolute atomic E-state index is 9.75. The van der Waals surface area contributed by atoms with E-state index in [1.807, 2.05) is 30.3 Å². The van der Waals surface area contributed by atoms with Gasteiger partial charge in [-0.15, -0.1) is 0 Å². The molecule has 0 aliphatic heterocycles. The molecule has 11 heteroatoms. The van der Waals surface area contributed by atoms with Crippen LogP contribution >= 0.6 is 0 Å². The monoisotopic (exact) mass is 292 g/mol. The van der Waals surface area contributed by atoms with E-state index < -0.39 is 14.5 Å². The van der Waals surface area contributed by atoms with Crippen LogP contribution in [0.15, 0.2) is 41.0 Å². The van der Waals surface area contributed by atoms with E-state index in [9.17, 15) is 34.5 Å². The average Bonchev–Trinajstić information content (AvgIpc) is 2.59. The lowest BCUT2D eigenvalue weighted by atomic mass is 10.3. The van der Waals surface area contributed by atoms with Gasteiger partial charge in [-0.05, 0) is 12.1 Å². The van der Waals surface area contributed by atoms with Crippen molar-refractivity contribution in [3.05, 3.63) is 36.6 Å². The SMILES string of the molecule is F[B-](F)(F)F.F[B-](F)(F)F.c1ccc2occc2c1. The molecule has 0 saturated heterocycles. The van der Waals surface area contributed by atoms with E-state index in [1.54, 1.807) is 6.26 Å². The van der Waals surface area contributed by atoms with Crippen LogP contribution in [-0.2, 0) is 0 Å². The molecule has 1 heterocycles. The van der Waals surface area contributed by atoms with E-state index in [0.29, 0.717) is 0 Å². The zero-order valence-electron chi connectivity index (χ0n) is 9.05. The number of fused-ring (bicyclic) bond motifs is 1. The Labute approximate surface area is 102 Å². The topological polar surface area (TPSA) is 13.1 Å². The predicted molar refractivity (Wildman–Crippen MR) is 56.6 cm³/mol. The van der Waals surface area contributed by atoms with E-state index in [2.05, 4.69) is 0 Å². The van der Waals surface area contributed by atoms with Crippen molar-refractivity contribution < 1.29 is 38.9 Å². The van der Waals surface area contributed by atoms with Crippen LogP contribution in [0.4, 0.5) is 34.5 Å². The molecule has 0 unspecified atom stereocenters. The number of para-hydroxylation sites is 1. The molecule has 0 spiro atoms. The van der Waals surface area contributed by atoms with E-state index in [4.69, 9.17) is 4.42 Å². The molecule has 0 atom stereocenters. The number of halogens is 8. The van der Waals surface area contributed by atoms with Crippen LogP contribution in [0.5, 0.6) is 0 Å². The Hall–Kier alpha value is -1.67. The molecule has 108 valence electrons. The van der Waals surface area contributed by atoms with Gasteiger partial charge in [-0.1, -0.05) is 18.2 Å². The smallest absolute Gasteiger partial charge is 0.464 e. The normalized spacial score (nSPS) is 11.2. The molecule has 0 N–H and O–H groups in total. The maximum Gasteiger partial charge on any atom is 0.673 e. The zero-order chi connectivity index (χ0) is 15.1. The van der Waals surface area contributed by atoms with Crippen LogP contribution < -0.4 is 0 Å². The third-order valence-electron chi connectivity index (χ3n) is 1.36. The molecular formula is C8H6B2F8O-2. The van der Waals surface area contributed by atoms with E-state index >= 15 is 0 Å². The summed E-state index contributed by atoms with van der Waals surface area (Å²) in [7, 11) is -12.0. The van der Waals surface area contributed by atoms with Crippen LogP contribution in [-0.4, -0.2) is 14.5 Å². The van der Waals surface area contributed by atoms with Gasteiger partial charge in [0, 0.05) is 5.39 Å². The van der Waals surface area contributed by atoms with Gasteiger partial charge in [0.15, 0.2) is 0 Å². The molecule has 1 aromatic carbocycles. The van der Waals surface area contributed by atoms with Crippen molar-refractivity contribution in [1.82, 2.24) is 0 Å². The fraction of sp³-hybridized carbons (Fsp3) is 0. The first kappa shape index (κ1) is 17.3. The molecule has 0 amide bonds. The van der Waals surface area contributed by atoms with E-state index in [1.165, 1.54) is 0 Å². The highest BCUT2D eigenvalue weighted by Crippen LogP contribution is 2.12. The molecule has 0 saturated carbocycles. The van der Waals surface area contributed by atoms with Gasteiger partial charge >= 0.3 is 14.5 Å². The Kier molecular flexibility index (Phi) is 6.43. The van der Waals surface area contributed by atoms with Crippen LogP contribution in [0.25, 0.3) is 11.0 Å². The van der Waals surface area contributed by atoms with E-state index in [0.717, 1.165) is 11.0 Å². The number of benzene rings is 1. The van der Waals surface area contributed by atoms with Gasteiger partial charge in [0.2, 0.25) is 0 Å². The first-order valence-electron chi connectivity index (χ1n) is 4.63. The Balaban J connectivity index is 0.000000283. The second-order valence-corrected chi connectivity index (χ2v) is 2.95. The molecule has 2 aromatic rings. The highest BCUT2D eigenvalue weighted by molar-refractivity contribution is 6.50. The molecule has 0 bridgehead atoms. The first-order valence-corrected chi connectivity index (χ1v) is 4.63. The third kappa shape index (κ3) is 14.3. The summed E-state index contributed by atoms with van der Waals surface area (Å²) < 4.78 is 83.1. The Bertz CT molecular complexity index is 423. The summed E-state index contributed by atoms with van der Waals surface area (Å²) in [5, 5.41) is 1.16. The molecule has 1 aromatic heterocycles. The number of hydrogen-bond acceptors (Lipinski definition) is 1. The number of hydrogen-bond donors (Lipinski definition) is 0. The van der Waals surface area contributed by atoms with Gasteiger partial charge in [0.25, 0.3) is 0 Å². The van der Waals surface area contributed by atoms with Crippen LogP contribution in [0, 0.1) is 0 Å². The molecule has 0 aliphatic carbocycles. The first-order chi connectivity index (χ1) is 8.47. The highest BCUT2D eigenvalue weighted by atomic mass is 19.5. The van der Waals surface area contributed by atoms with Crippen LogP contribution in [0.1, 0.15) is 0 Å². The fourth-order valence-electron chi connectivity index (χ4n) is 0.906. The molecule has 19 heavy (non-hydrogen) atoms. The van der Waals surface area contributed by atoms with E-state index in [-0.39, 0.29) is 0 Å². The van der Waals surface area contributed by atoms with Gasteiger partial charge in [0.1, 0.15) is 5.58 Å². The number of rotatable bonds is 0. The Morgan fingerprint density at radius 2 is 1.11 bits per heavy atom. The van der Waals surface area contributed by atoms with Gasteiger partial charge in [-0.3, -0.25) is 0 Å². The third-order valence-corrected chi connectivity index (χ3v) is 1.36. The van der Waals surface area contributed by atoms with Gasteiger partial charge < -0.3 is 38.9 Å². The lowest BCUT2D eigenvalue weighted by Crippen LogP contribution is -2.02. The molecule has 0 radical (unpaired) electrons. The van der Waals surface area contributed by atoms with Crippen LogP contribution in [0.2, 0.25) is 0 Å². The summed E-state index contributed by atoms with van der Waals surface area (Å²) in [5.41, 5.74) is 0.956. The van der Waals surface area contributed by atoms with Crippen molar-refractivity contribution in [3.63, 3.8) is 0 Å². The van der Waals surface area contributed by atoms with Gasteiger partial charge in [-0.25, -0.2) is 0 Å². The van der Waals surface area contributed by atoms with Crippen molar-refractivity contribution in [2.24, 2.45) is 0 Å².